The van der Waals surface area contributed by atoms with E-state index in [-0.39, 0.29) is 11.5 Å². The number of aliphatic imine (C=N–C) groups is 1. The van der Waals surface area contributed by atoms with E-state index in [2.05, 4.69) is 27.0 Å². The molecule has 0 radical (unpaired) electrons. The Morgan fingerprint density at radius 1 is 1.24 bits per heavy atom. The molecule has 6 heteroatoms. The molecule has 3 aliphatic rings. The van der Waals surface area contributed by atoms with Crippen LogP contribution in [0.4, 0.5) is 0 Å². The fourth-order valence-electron chi connectivity index (χ4n) is 4.44. The van der Waals surface area contributed by atoms with Crippen LogP contribution in [0.5, 0.6) is 0 Å². The highest BCUT2D eigenvalue weighted by atomic mass is 16.5. The third-order valence-electron chi connectivity index (χ3n) is 6.35. The summed E-state index contributed by atoms with van der Waals surface area (Å²) in [5.41, 5.74) is -0.0293. The second kappa shape index (κ2) is 8.69. The van der Waals surface area contributed by atoms with E-state index in [0.717, 1.165) is 77.1 Å². The van der Waals surface area contributed by atoms with Crippen LogP contribution >= 0.6 is 0 Å². The fraction of sp³-hybridized carbons (Fsp3) is 0.947. The Balaban J connectivity index is 1.44. The highest BCUT2D eigenvalue weighted by Crippen LogP contribution is 2.35. The van der Waals surface area contributed by atoms with Gasteiger partial charge in [-0.3, -0.25) is 9.89 Å². The van der Waals surface area contributed by atoms with Gasteiger partial charge in [-0.1, -0.05) is 19.8 Å². The second-order valence-corrected chi connectivity index (χ2v) is 8.33. The first-order valence-electron chi connectivity index (χ1n) is 10.0. The van der Waals surface area contributed by atoms with Gasteiger partial charge in [0.25, 0.3) is 0 Å². The Hall–Kier alpha value is -0.850. The van der Waals surface area contributed by atoms with Gasteiger partial charge in [0, 0.05) is 58.3 Å². The Labute approximate surface area is 152 Å². The average Bonchev–Trinajstić information content (AvgIpc) is 3.13. The van der Waals surface area contributed by atoms with E-state index in [1.807, 2.05) is 7.05 Å². The molecule has 1 aliphatic carbocycles. The van der Waals surface area contributed by atoms with Gasteiger partial charge in [-0.2, -0.15) is 0 Å². The van der Waals surface area contributed by atoms with E-state index < -0.39 is 0 Å². The number of aliphatic hydroxyl groups is 1. The van der Waals surface area contributed by atoms with Crippen LogP contribution in [0.3, 0.4) is 0 Å². The van der Waals surface area contributed by atoms with Gasteiger partial charge in [-0.25, -0.2) is 0 Å². The van der Waals surface area contributed by atoms with Crippen molar-refractivity contribution >= 4 is 5.96 Å². The molecule has 0 bridgehead atoms. The van der Waals surface area contributed by atoms with E-state index in [4.69, 9.17) is 4.74 Å². The van der Waals surface area contributed by atoms with E-state index >= 15 is 0 Å². The zero-order valence-corrected chi connectivity index (χ0v) is 16.0. The first kappa shape index (κ1) is 18.9. The van der Waals surface area contributed by atoms with E-state index in [1.54, 1.807) is 0 Å². The van der Waals surface area contributed by atoms with Crippen LogP contribution in [-0.2, 0) is 4.74 Å². The molecule has 1 saturated carbocycles. The zero-order valence-electron chi connectivity index (χ0n) is 16.0. The van der Waals surface area contributed by atoms with Gasteiger partial charge in [0.2, 0.25) is 0 Å². The molecule has 3 fully saturated rings. The van der Waals surface area contributed by atoms with Crippen molar-refractivity contribution in [2.24, 2.45) is 16.3 Å². The lowest BCUT2D eigenvalue weighted by Gasteiger charge is -2.41. The molecular formula is C19H36N4O2. The van der Waals surface area contributed by atoms with Crippen LogP contribution in [-0.4, -0.2) is 86.5 Å². The van der Waals surface area contributed by atoms with Gasteiger partial charge in [-0.05, 0) is 25.2 Å². The van der Waals surface area contributed by atoms with Crippen molar-refractivity contribution < 1.29 is 9.84 Å². The molecule has 0 aromatic carbocycles. The summed E-state index contributed by atoms with van der Waals surface area (Å²) in [6, 6.07) is 0. The van der Waals surface area contributed by atoms with Crippen LogP contribution in [0.25, 0.3) is 0 Å². The SMILES string of the molecule is CN=C(NCC1(C)CCCCC1O)N1CCN(CC2CCOC2)CC1. The van der Waals surface area contributed by atoms with Crippen LogP contribution in [0, 0.1) is 11.3 Å². The Morgan fingerprint density at radius 3 is 2.68 bits per heavy atom. The van der Waals surface area contributed by atoms with Gasteiger partial charge in [-0.15, -0.1) is 0 Å². The Kier molecular flexibility index (Phi) is 6.58. The largest absolute Gasteiger partial charge is 0.392 e. The van der Waals surface area contributed by atoms with E-state index in [9.17, 15) is 5.11 Å². The van der Waals surface area contributed by atoms with Crippen molar-refractivity contribution in [2.75, 3.05) is 59.5 Å². The molecule has 2 saturated heterocycles. The predicted molar refractivity (Wildman–Crippen MR) is 101 cm³/mol. The lowest BCUT2D eigenvalue weighted by molar-refractivity contribution is 0.00350. The maximum absolute atomic E-state index is 10.4. The first-order valence-corrected chi connectivity index (χ1v) is 10.0. The molecule has 2 aliphatic heterocycles. The minimum atomic E-state index is -0.197. The number of guanidine groups is 1. The van der Waals surface area contributed by atoms with Gasteiger partial charge < -0.3 is 20.1 Å². The van der Waals surface area contributed by atoms with E-state index in [1.165, 1.54) is 19.4 Å². The molecule has 25 heavy (non-hydrogen) atoms. The predicted octanol–water partition coefficient (Wildman–Crippen LogP) is 1.16. The van der Waals surface area contributed by atoms with Gasteiger partial charge in [0.15, 0.2) is 5.96 Å². The number of ether oxygens (including phenoxy) is 1. The van der Waals surface area contributed by atoms with Gasteiger partial charge >= 0.3 is 0 Å². The number of rotatable bonds is 4. The standard InChI is InChI=1S/C19H36N4O2/c1-19(7-4-3-5-17(19)24)15-21-18(20-2)23-10-8-22(9-11-23)13-16-6-12-25-14-16/h16-17,24H,3-15H2,1-2H3,(H,20,21). The van der Waals surface area contributed by atoms with Crippen LogP contribution in [0.1, 0.15) is 39.0 Å². The number of nitrogens with zero attached hydrogens (tertiary/aromatic N) is 3. The Bertz CT molecular complexity index is 445. The summed E-state index contributed by atoms with van der Waals surface area (Å²) in [4.78, 5) is 9.42. The maximum Gasteiger partial charge on any atom is 0.193 e. The second-order valence-electron chi connectivity index (χ2n) is 8.33. The van der Waals surface area contributed by atoms with Crippen molar-refractivity contribution in [1.82, 2.24) is 15.1 Å². The monoisotopic (exact) mass is 352 g/mol. The number of piperazine rings is 1. The smallest absolute Gasteiger partial charge is 0.193 e. The van der Waals surface area contributed by atoms with Crippen LogP contribution in [0.2, 0.25) is 0 Å². The average molecular weight is 353 g/mol. The van der Waals surface area contributed by atoms with E-state index in [0.29, 0.717) is 0 Å². The zero-order chi connectivity index (χ0) is 17.7. The maximum atomic E-state index is 10.4. The molecule has 3 unspecified atom stereocenters. The molecule has 144 valence electrons. The number of hydrogen-bond acceptors (Lipinski definition) is 4. The van der Waals surface area contributed by atoms with Gasteiger partial charge in [0.1, 0.15) is 0 Å². The fourth-order valence-corrected chi connectivity index (χ4v) is 4.44. The third-order valence-corrected chi connectivity index (χ3v) is 6.35. The van der Waals surface area contributed by atoms with Crippen molar-refractivity contribution in [1.29, 1.82) is 0 Å². The minimum absolute atomic E-state index is 0.0293. The molecular weight excluding hydrogens is 316 g/mol. The lowest BCUT2D eigenvalue weighted by Crippen LogP contribution is -2.55. The summed E-state index contributed by atoms with van der Waals surface area (Å²) < 4.78 is 5.50. The quantitative estimate of drug-likeness (QED) is 0.587. The molecule has 0 aromatic rings. The third kappa shape index (κ3) is 4.86. The molecule has 6 nitrogen and oxygen atoms in total. The number of hydrogen-bond donors (Lipinski definition) is 2. The molecule has 2 N–H and O–H groups in total. The summed E-state index contributed by atoms with van der Waals surface area (Å²) in [6.07, 6.45) is 5.41. The summed E-state index contributed by atoms with van der Waals surface area (Å²) in [7, 11) is 1.87. The molecule has 3 rings (SSSR count). The molecule has 0 amide bonds. The normalized spacial score (nSPS) is 35.2. The van der Waals surface area contributed by atoms with Gasteiger partial charge in [0.05, 0.1) is 12.7 Å². The molecule has 0 aromatic heterocycles. The summed E-state index contributed by atoms with van der Waals surface area (Å²) in [6.45, 7) is 10.3. The van der Waals surface area contributed by atoms with Crippen LogP contribution in [0.15, 0.2) is 4.99 Å². The van der Waals surface area contributed by atoms with Crippen molar-refractivity contribution in [3.63, 3.8) is 0 Å². The number of aliphatic hydroxyl groups excluding tert-OH is 1. The van der Waals surface area contributed by atoms with Crippen LogP contribution < -0.4 is 5.32 Å². The molecule has 3 atom stereocenters. The number of nitrogens with one attached hydrogen (secondary N) is 1. The summed E-state index contributed by atoms with van der Waals surface area (Å²) >= 11 is 0. The van der Waals surface area contributed by atoms with Crippen molar-refractivity contribution in [3.05, 3.63) is 0 Å². The molecule has 0 spiro atoms. The summed E-state index contributed by atoms with van der Waals surface area (Å²) in [5.74, 6) is 1.71. The highest BCUT2D eigenvalue weighted by Gasteiger charge is 2.35. The van der Waals surface area contributed by atoms with Crippen molar-refractivity contribution in [3.8, 4) is 0 Å². The highest BCUT2D eigenvalue weighted by molar-refractivity contribution is 5.80. The summed E-state index contributed by atoms with van der Waals surface area (Å²) in [5, 5.41) is 13.9. The molecule has 2 heterocycles. The van der Waals surface area contributed by atoms with Crippen molar-refractivity contribution in [2.45, 2.75) is 45.1 Å². The lowest BCUT2D eigenvalue weighted by atomic mass is 9.73. The first-order chi connectivity index (χ1) is 12.1. The Morgan fingerprint density at radius 2 is 2.04 bits per heavy atom. The topological polar surface area (TPSA) is 60.3 Å². The minimum Gasteiger partial charge on any atom is -0.392 e.